The SMILES string of the molecule is N#Cc1ccnc(N2C(=O)CC[C@H]2C(O)N(c2cc(F)cc(F)c2)[C@H](C(=O)NC2CC(F)(I)C2)c2c(Cl)cccc2Cl)c1. The number of nitrogens with zero attached hydrogens (tertiary/aromatic N) is 4. The predicted octanol–water partition coefficient (Wildman–Crippen LogP) is 5.98. The number of amides is 2. The fraction of sp³-hybridized carbons (Fsp3) is 0.310. The number of aliphatic hydroxyl groups excluding tert-OH is 1. The van der Waals surface area contributed by atoms with Gasteiger partial charge < -0.3 is 15.3 Å². The Morgan fingerprint density at radius 3 is 2.44 bits per heavy atom. The van der Waals surface area contributed by atoms with Crippen molar-refractivity contribution in [2.75, 3.05) is 9.80 Å². The largest absolute Gasteiger partial charge is 0.371 e. The second kappa shape index (κ2) is 12.5. The van der Waals surface area contributed by atoms with Gasteiger partial charge >= 0.3 is 0 Å². The van der Waals surface area contributed by atoms with Crippen LogP contribution in [-0.2, 0) is 9.59 Å². The van der Waals surface area contributed by atoms with Crippen LogP contribution in [0.1, 0.15) is 42.9 Å². The molecule has 2 aliphatic rings. The van der Waals surface area contributed by atoms with Gasteiger partial charge in [-0.2, -0.15) is 5.26 Å². The van der Waals surface area contributed by atoms with Crippen LogP contribution in [0.5, 0.6) is 0 Å². The lowest BCUT2D eigenvalue weighted by atomic mass is 9.90. The van der Waals surface area contributed by atoms with Crippen molar-refractivity contribution in [2.24, 2.45) is 0 Å². The molecule has 0 spiro atoms. The van der Waals surface area contributed by atoms with E-state index in [9.17, 15) is 33.1 Å². The van der Waals surface area contributed by atoms with Gasteiger partial charge in [0.25, 0.3) is 0 Å². The van der Waals surface area contributed by atoms with Crippen LogP contribution in [0.3, 0.4) is 0 Å². The number of nitrogens with one attached hydrogen (secondary N) is 1. The Labute approximate surface area is 268 Å². The number of aromatic nitrogens is 1. The Bertz CT molecular complexity index is 1580. The van der Waals surface area contributed by atoms with Crippen molar-refractivity contribution in [2.45, 2.75) is 53.7 Å². The summed E-state index contributed by atoms with van der Waals surface area (Å²) in [5.74, 6) is -3.11. The Morgan fingerprint density at radius 2 is 1.84 bits per heavy atom. The minimum absolute atomic E-state index is 0.0191. The zero-order chi connectivity index (χ0) is 31.1. The third-order valence-electron chi connectivity index (χ3n) is 7.39. The maximum atomic E-state index is 14.7. The number of carbonyl (C=O) groups excluding carboxylic acids is 2. The maximum absolute atomic E-state index is 14.7. The molecular formula is C29H23Cl2F3IN5O3. The highest BCUT2D eigenvalue weighted by atomic mass is 127. The third-order valence-corrected chi connectivity index (χ3v) is 8.93. The summed E-state index contributed by atoms with van der Waals surface area (Å²) in [6.45, 7) is 0. The molecule has 2 N–H and O–H groups in total. The lowest BCUT2D eigenvalue weighted by molar-refractivity contribution is -0.125. The molecule has 1 saturated carbocycles. The first-order valence-electron chi connectivity index (χ1n) is 13.1. The third kappa shape index (κ3) is 6.55. The molecular weight excluding hydrogens is 721 g/mol. The molecule has 3 atom stereocenters. The molecule has 1 aromatic heterocycles. The molecule has 0 radical (unpaired) electrons. The molecule has 2 heterocycles. The normalized spacial score (nSPS) is 22.8. The molecule has 1 aliphatic heterocycles. The highest BCUT2D eigenvalue weighted by Crippen LogP contribution is 2.44. The number of pyridine rings is 1. The minimum Gasteiger partial charge on any atom is -0.371 e. The van der Waals surface area contributed by atoms with E-state index in [4.69, 9.17) is 23.2 Å². The van der Waals surface area contributed by atoms with E-state index in [2.05, 4.69) is 10.3 Å². The van der Waals surface area contributed by atoms with Gasteiger partial charge in [-0.3, -0.25) is 14.5 Å². The first kappa shape index (κ1) is 31.3. The summed E-state index contributed by atoms with van der Waals surface area (Å²) >= 11 is 14.8. The summed E-state index contributed by atoms with van der Waals surface area (Å²) in [6.07, 6.45) is -0.366. The van der Waals surface area contributed by atoms with E-state index < -0.39 is 51.5 Å². The fourth-order valence-corrected chi connectivity index (χ4v) is 7.11. The zero-order valence-electron chi connectivity index (χ0n) is 22.2. The number of carbonyl (C=O) groups is 2. The topological polar surface area (TPSA) is 110 Å². The molecule has 0 bridgehead atoms. The number of anilines is 2. The van der Waals surface area contributed by atoms with Crippen LogP contribution in [0.4, 0.5) is 24.7 Å². The molecule has 43 heavy (non-hydrogen) atoms. The van der Waals surface area contributed by atoms with Gasteiger partial charge in [0.1, 0.15) is 29.7 Å². The van der Waals surface area contributed by atoms with Crippen LogP contribution < -0.4 is 15.1 Å². The summed E-state index contributed by atoms with van der Waals surface area (Å²) < 4.78 is 42.1. The van der Waals surface area contributed by atoms with E-state index in [1.807, 2.05) is 6.07 Å². The van der Waals surface area contributed by atoms with Crippen molar-refractivity contribution in [3.8, 4) is 6.07 Å². The second-order valence-electron chi connectivity index (χ2n) is 10.3. The summed E-state index contributed by atoms with van der Waals surface area (Å²) in [7, 11) is 0. The standard InChI is InChI=1S/C29H23Cl2F3IN5O3/c30-20-2-1-3-21(31)25(20)26(27(42)38-18-12-29(34,35)13-18)39(19-10-16(32)9-17(33)11-19)28(43)22-4-5-24(41)40(22)23-8-15(14-36)6-7-37-23/h1-3,6-11,18,22,26,28,43H,4-5,12-13H2,(H,38,42)/t18?,22-,26-,28?,29?/m0/s1. The van der Waals surface area contributed by atoms with Gasteiger partial charge in [0.2, 0.25) is 11.8 Å². The molecule has 1 unspecified atom stereocenters. The number of benzene rings is 2. The van der Waals surface area contributed by atoms with Gasteiger partial charge in [-0.1, -0.05) is 29.3 Å². The summed E-state index contributed by atoms with van der Waals surface area (Å²) in [5.41, 5.74) is -0.0175. The maximum Gasteiger partial charge on any atom is 0.247 e. The monoisotopic (exact) mass is 743 g/mol. The first-order valence-corrected chi connectivity index (χ1v) is 14.9. The summed E-state index contributed by atoms with van der Waals surface area (Å²) in [4.78, 5) is 33.6. The molecule has 2 fully saturated rings. The van der Waals surface area contributed by atoms with Crippen LogP contribution in [-0.4, -0.2) is 43.9 Å². The number of rotatable bonds is 8. The van der Waals surface area contributed by atoms with E-state index >= 15 is 0 Å². The Kier molecular flexibility index (Phi) is 9.08. The van der Waals surface area contributed by atoms with Gasteiger partial charge in [-0.25, -0.2) is 18.2 Å². The number of hydrogen-bond acceptors (Lipinski definition) is 6. The number of hydrogen-bond donors (Lipinski definition) is 2. The van der Waals surface area contributed by atoms with E-state index in [1.165, 1.54) is 41.4 Å². The van der Waals surface area contributed by atoms with Crippen molar-refractivity contribution in [3.05, 3.63) is 87.5 Å². The Balaban J connectivity index is 1.65. The van der Waals surface area contributed by atoms with Gasteiger partial charge in [-0.15, -0.1) is 0 Å². The van der Waals surface area contributed by atoms with Crippen LogP contribution >= 0.6 is 45.8 Å². The summed E-state index contributed by atoms with van der Waals surface area (Å²) in [6, 6.07) is 8.48. The molecule has 2 aromatic carbocycles. The molecule has 1 aliphatic carbocycles. The Morgan fingerprint density at radius 1 is 1.19 bits per heavy atom. The first-order chi connectivity index (χ1) is 20.4. The molecule has 1 saturated heterocycles. The van der Waals surface area contributed by atoms with Gasteiger partial charge in [0.05, 0.1) is 17.7 Å². The van der Waals surface area contributed by atoms with Gasteiger partial charge in [-0.05, 0) is 65.4 Å². The van der Waals surface area contributed by atoms with Crippen LogP contribution in [0.15, 0.2) is 54.7 Å². The van der Waals surface area contributed by atoms with Crippen LogP contribution in [0.2, 0.25) is 10.0 Å². The number of alkyl halides is 2. The average Bonchev–Trinajstić information content (AvgIpc) is 3.31. The van der Waals surface area contributed by atoms with Crippen molar-refractivity contribution in [3.63, 3.8) is 0 Å². The highest BCUT2D eigenvalue weighted by molar-refractivity contribution is 14.1. The van der Waals surface area contributed by atoms with Crippen molar-refractivity contribution in [1.82, 2.24) is 10.3 Å². The Hall–Kier alpha value is -3.12. The molecule has 224 valence electrons. The zero-order valence-corrected chi connectivity index (χ0v) is 25.8. The van der Waals surface area contributed by atoms with Crippen LogP contribution in [0, 0.1) is 23.0 Å². The quantitative estimate of drug-likeness (QED) is 0.167. The van der Waals surface area contributed by atoms with E-state index in [0.717, 1.165) is 17.0 Å². The second-order valence-corrected chi connectivity index (χ2v) is 13.1. The minimum atomic E-state index is -1.78. The molecule has 8 nitrogen and oxygen atoms in total. The number of halogens is 6. The lowest BCUT2D eigenvalue weighted by Gasteiger charge is -2.43. The van der Waals surface area contributed by atoms with Crippen molar-refractivity contribution >= 4 is 69.1 Å². The fourth-order valence-electron chi connectivity index (χ4n) is 5.45. The lowest BCUT2D eigenvalue weighted by Crippen LogP contribution is -2.57. The molecule has 5 rings (SSSR count). The van der Waals surface area contributed by atoms with Gasteiger partial charge in [0, 0.05) is 58.9 Å². The average molecular weight is 744 g/mol. The number of nitriles is 1. The molecule has 3 aromatic rings. The van der Waals surface area contributed by atoms with E-state index in [-0.39, 0.29) is 58.4 Å². The van der Waals surface area contributed by atoms with Gasteiger partial charge in [0.15, 0.2) is 3.68 Å². The molecule has 2 amide bonds. The smallest absolute Gasteiger partial charge is 0.247 e. The number of aliphatic hydroxyl groups is 1. The van der Waals surface area contributed by atoms with Crippen molar-refractivity contribution < 1.29 is 27.9 Å². The van der Waals surface area contributed by atoms with E-state index in [0.29, 0.717) is 6.07 Å². The van der Waals surface area contributed by atoms with Crippen LogP contribution in [0.25, 0.3) is 0 Å². The van der Waals surface area contributed by atoms with E-state index in [1.54, 1.807) is 22.6 Å². The summed E-state index contributed by atoms with van der Waals surface area (Å²) in [5, 5.41) is 24.2. The predicted molar refractivity (Wildman–Crippen MR) is 163 cm³/mol. The molecule has 14 heteroatoms. The highest BCUT2D eigenvalue weighted by Gasteiger charge is 2.47. The van der Waals surface area contributed by atoms with Crippen molar-refractivity contribution in [1.29, 1.82) is 5.26 Å².